The molecule has 0 amide bonds. The van der Waals surface area contributed by atoms with Gasteiger partial charge in [-0.2, -0.15) is 0 Å². The Kier molecular flexibility index (Phi) is 5.31. The fourth-order valence-corrected chi connectivity index (χ4v) is 3.91. The molecular weight excluding hydrogens is 278 g/mol. The molecule has 0 aliphatic carbocycles. The third-order valence-electron chi connectivity index (χ3n) is 4.93. The minimum absolute atomic E-state index is 0.164. The summed E-state index contributed by atoms with van der Waals surface area (Å²) in [4.78, 5) is 8.46. The van der Waals surface area contributed by atoms with Gasteiger partial charge in [0.05, 0.1) is 0 Å². The summed E-state index contributed by atoms with van der Waals surface area (Å²) in [6, 6.07) is 0. The SMILES string of the molecule is CCC1(CC)CCN(c2ncc(CNC(C)(C)C)s2)CC1. The first kappa shape index (κ1) is 16.8. The number of hydrogen-bond donors (Lipinski definition) is 1. The third-order valence-corrected chi connectivity index (χ3v) is 5.99. The van der Waals surface area contributed by atoms with E-state index >= 15 is 0 Å². The van der Waals surface area contributed by atoms with Crippen molar-refractivity contribution < 1.29 is 0 Å². The van der Waals surface area contributed by atoms with Gasteiger partial charge in [-0.05, 0) is 39.0 Å². The van der Waals surface area contributed by atoms with E-state index < -0.39 is 0 Å². The zero-order valence-corrected chi connectivity index (χ0v) is 15.1. The quantitative estimate of drug-likeness (QED) is 0.871. The first-order chi connectivity index (χ1) is 9.87. The van der Waals surface area contributed by atoms with Crippen LogP contribution in [0.4, 0.5) is 5.13 Å². The van der Waals surface area contributed by atoms with Gasteiger partial charge in [-0.15, -0.1) is 11.3 Å². The van der Waals surface area contributed by atoms with Crippen molar-refractivity contribution in [2.24, 2.45) is 5.41 Å². The molecule has 0 radical (unpaired) electrons. The molecule has 1 aromatic rings. The average molecular weight is 310 g/mol. The molecule has 1 aromatic heterocycles. The zero-order chi connectivity index (χ0) is 15.5. The maximum Gasteiger partial charge on any atom is 0.185 e. The van der Waals surface area contributed by atoms with Gasteiger partial charge in [0.25, 0.3) is 0 Å². The molecule has 0 aromatic carbocycles. The number of hydrogen-bond acceptors (Lipinski definition) is 4. The Bertz CT molecular complexity index is 433. The van der Waals surface area contributed by atoms with E-state index in [1.807, 2.05) is 17.5 Å². The Morgan fingerprint density at radius 1 is 1.24 bits per heavy atom. The van der Waals surface area contributed by atoms with E-state index in [0.717, 1.165) is 6.54 Å². The summed E-state index contributed by atoms with van der Waals surface area (Å²) in [5.41, 5.74) is 0.752. The lowest BCUT2D eigenvalue weighted by Gasteiger charge is -2.40. The minimum atomic E-state index is 0.164. The lowest BCUT2D eigenvalue weighted by molar-refractivity contribution is 0.199. The number of piperidine rings is 1. The summed E-state index contributed by atoms with van der Waals surface area (Å²) in [5, 5.41) is 4.75. The molecule has 3 nitrogen and oxygen atoms in total. The number of nitrogens with zero attached hydrogens (tertiary/aromatic N) is 2. The van der Waals surface area contributed by atoms with Crippen LogP contribution < -0.4 is 10.2 Å². The summed E-state index contributed by atoms with van der Waals surface area (Å²) in [7, 11) is 0. The molecule has 0 saturated carbocycles. The third kappa shape index (κ3) is 4.43. The topological polar surface area (TPSA) is 28.2 Å². The predicted octanol–water partition coefficient (Wildman–Crippen LogP) is 4.44. The van der Waals surface area contributed by atoms with Crippen molar-refractivity contribution in [3.05, 3.63) is 11.1 Å². The fourth-order valence-electron chi connectivity index (χ4n) is 3.01. The number of nitrogens with one attached hydrogen (secondary N) is 1. The number of aromatic nitrogens is 1. The van der Waals surface area contributed by atoms with E-state index in [4.69, 9.17) is 0 Å². The van der Waals surface area contributed by atoms with Crippen LogP contribution in [-0.4, -0.2) is 23.6 Å². The van der Waals surface area contributed by atoms with Crippen molar-refractivity contribution >= 4 is 16.5 Å². The van der Waals surface area contributed by atoms with Crippen LogP contribution in [0.2, 0.25) is 0 Å². The number of thiazole rings is 1. The molecule has 0 spiro atoms. The largest absolute Gasteiger partial charge is 0.348 e. The molecule has 2 rings (SSSR count). The molecule has 4 heteroatoms. The number of rotatable bonds is 5. The van der Waals surface area contributed by atoms with Gasteiger partial charge >= 0.3 is 0 Å². The summed E-state index contributed by atoms with van der Waals surface area (Å²) >= 11 is 1.85. The fraction of sp³-hybridized carbons (Fsp3) is 0.824. The van der Waals surface area contributed by atoms with Crippen molar-refractivity contribution in [1.29, 1.82) is 0 Å². The lowest BCUT2D eigenvalue weighted by atomic mass is 9.74. The Hall–Kier alpha value is -0.610. The molecule has 0 bridgehead atoms. The second-order valence-corrected chi connectivity index (χ2v) is 8.50. The van der Waals surface area contributed by atoms with Gasteiger partial charge in [0.2, 0.25) is 0 Å². The predicted molar refractivity (Wildman–Crippen MR) is 93.2 cm³/mol. The lowest BCUT2D eigenvalue weighted by Crippen LogP contribution is -2.39. The Morgan fingerprint density at radius 3 is 2.38 bits per heavy atom. The van der Waals surface area contributed by atoms with Crippen LogP contribution in [-0.2, 0) is 6.54 Å². The molecule has 0 unspecified atom stereocenters. The molecule has 2 heterocycles. The summed E-state index contributed by atoms with van der Waals surface area (Å²) < 4.78 is 0. The molecule has 1 N–H and O–H groups in total. The van der Waals surface area contributed by atoms with Crippen molar-refractivity contribution in [3.8, 4) is 0 Å². The van der Waals surface area contributed by atoms with Crippen molar-refractivity contribution in [1.82, 2.24) is 10.3 Å². The van der Waals surface area contributed by atoms with Crippen LogP contribution in [0.3, 0.4) is 0 Å². The number of anilines is 1. The van der Waals surface area contributed by atoms with E-state index in [2.05, 4.69) is 49.8 Å². The highest BCUT2D eigenvalue weighted by molar-refractivity contribution is 7.15. The molecule has 1 aliphatic heterocycles. The van der Waals surface area contributed by atoms with Gasteiger partial charge in [0, 0.05) is 36.2 Å². The van der Waals surface area contributed by atoms with Crippen LogP contribution in [0, 0.1) is 5.41 Å². The van der Waals surface area contributed by atoms with Gasteiger partial charge in [-0.25, -0.2) is 4.98 Å². The van der Waals surface area contributed by atoms with Gasteiger partial charge in [-0.1, -0.05) is 26.7 Å². The second-order valence-electron chi connectivity index (χ2n) is 7.41. The molecule has 120 valence electrons. The molecule has 21 heavy (non-hydrogen) atoms. The van der Waals surface area contributed by atoms with Crippen molar-refractivity contribution in [3.63, 3.8) is 0 Å². The highest BCUT2D eigenvalue weighted by Crippen LogP contribution is 2.39. The van der Waals surface area contributed by atoms with Crippen molar-refractivity contribution in [2.45, 2.75) is 72.4 Å². The maximum atomic E-state index is 4.64. The van der Waals surface area contributed by atoms with E-state index in [0.29, 0.717) is 5.41 Å². The standard InChI is InChI=1S/C17H31N3S/c1-6-17(7-2)8-10-20(11-9-17)15-18-12-14(21-15)13-19-16(3,4)5/h12,19H,6-11,13H2,1-5H3. The normalized spacial score (nSPS) is 19.0. The molecule has 1 aliphatic rings. The highest BCUT2D eigenvalue weighted by atomic mass is 32.1. The Labute approximate surface area is 134 Å². The maximum absolute atomic E-state index is 4.64. The van der Waals surface area contributed by atoms with E-state index in [-0.39, 0.29) is 5.54 Å². The first-order valence-corrected chi connectivity index (χ1v) is 9.14. The van der Waals surface area contributed by atoms with Crippen molar-refractivity contribution in [2.75, 3.05) is 18.0 Å². The van der Waals surface area contributed by atoms with E-state index in [1.165, 1.54) is 48.8 Å². The Morgan fingerprint density at radius 2 is 1.86 bits per heavy atom. The molecule has 1 saturated heterocycles. The zero-order valence-electron chi connectivity index (χ0n) is 14.3. The monoisotopic (exact) mass is 309 g/mol. The van der Waals surface area contributed by atoms with Gasteiger partial charge in [-0.3, -0.25) is 0 Å². The molecule has 1 fully saturated rings. The van der Waals surface area contributed by atoms with Crippen LogP contribution in [0.15, 0.2) is 6.20 Å². The van der Waals surface area contributed by atoms with Crippen LogP contribution in [0.25, 0.3) is 0 Å². The average Bonchev–Trinajstić information content (AvgIpc) is 2.93. The van der Waals surface area contributed by atoms with Crippen LogP contribution >= 0.6 is 11.3 Å². The van der Waals surface area contributed by atoms with Crippen LogP contribution in [0.5, 0.6) is 0 Å². The summed E-state index contributed by atoms with van der Waals surface area (Å²) in [6.07, 6.45) is 7.30. The summed E-state index contributed by atoms with van der Waals surface area (Å²) in [6.45, 7) is 14.6. The van der Waals surface area contributed by atoms with E-state index in [9.17, 15) is 0 Å². The first-order valence-electron chi connectivity index (χ1n) is 8.32. The van der Waals surface area contributed by atoms with Crippen LogP contribution in [0.1, 0.15) is 65.2 Å². The molecular formula is C17H31N3S. The van der Waals surface area contributed by atoms with Gasteiger partial charge in [0.15, 0.2) is 5.13 Å². The minimum Gasteiger partial charge on any atom is -0.348 e. The van der Waals surface area contributed by atoms with Gasteiger partial charge in [0.1, 0.15) is 0 Å². The van der Waals surface area contributed by atoms with Gasteiger partial charge < -0.3 is 10.2 Å². The molecule has 0 atom stereocenters. The second kappa shape index (κ2) is 6.66. The highest BCUT2D eigenvalue weighted by Gasteiger charge is 2.32. The summed E-state index contributed by atoms with van der Waals surface area (Å²) in [5.74, 6) is 0. The van der Waals surface area contributed by atoms with E-state index in [1.54, 1.807) is 0 Å². The smallest absolute Gasteiger partial charge is 0.185 e. The Balaban J connectivity index is 1.91.